The largest absolute Gasteiger partial charge is 0.394 e. The Labute approximate surface area is 159 Å². The molecule has 0 saturated carbocycles. The van der Waals surface area contributed by atoms with E-state index in [0.29, 0.717) is 37.2 Å². The van der Waals surface area contributed by atoms with Gasteiger partial charge in [0.2, 0.25) is 5.75 Å². The van der Waals surface area contributed by atoms with Gasteiger partial charge < -0.3 is 14.7 Å². The van der Waals surface area contributed by atoms with Crippen molar-refractivity contribution in [3.63, 3.8) is 0 Å². The number of nitroso groups, excluding NO2 is 1. The van der Waals surface area contributed by atoms with Gasteiger partial charge in [-0.2, -0.15) is 0 Å². The highest BCUT2D eigenvalue weighted by molar-refractivity contribution is 5.53. The molecule has 0 aromatic heterocycles. The molecule has 28 heavy (non-hydrogen) atoms. The predicted molar refractivity (Wildman–Crippen MR) is 94.0 cm³/mol. The molecule has 13 heteroatoms. The minimum Gasteiger partial charge on any atom is -0.394 e. The third kappa shape index (κ3) is 5.99. The molecule has 2 N–H and O–H groups in total. The molecule has 0 amide bonds. The number of aliphatic hydroxyl groups is 1. The molecule has 0 atom stereocenters. The molecule has 1 aliphatic rings. The minimum atomic E-state index is -0.830. The highest BCUT2D eigenvalue weighted by atomic mass is 16.7. The van der Waals surface area contributed by atoms with Crippen LogP contribution in [-0.4, -0.2) is 57.9 Å². The predicted octanol–water partition coefficient (Wildman–Crippen LogP) is 1.11. The molecule has 1 aliphatic heterocycles. The van der Waals surface area contributed by atoms with Crippen molar-refractivity contribution in [1.82, 2.24) is 10.6 Å². The van der Waals surface area contributed by atoms with E-state index in [1.807, 2.05) is 0 Å². The zero-order valence-corrected chi connectivity index (χ0v) is 15.1. The molecule has 1 fully saturated rings. The van der Waals surface area contributed by atoms with Crippen LogP contribution in [0.15, 0.2) is 18.2 Å². The fourth-order valence-electron chi connectivity index (χ4n) is 2.80. The highest BCUT2D eigenvalue weighted by Gasteiger charge is 2.30. The van der Waals surface area contributed by atoms with Gasteiger partial charge in [0, 0.05) is 12.7 Å². The van der Waals surface area contributed by atoms with Crippen LogP contribution in [0.25, 0.3) is 0 Å². The summed E-state index contributed by atoms with van der Waals surface area (Å²) in [5, 5.41) is 31.9. The Hall–Kier alpha value is -3.06. The van der Waals surface area contributed by atoms with Crippen molar-refractivity contribution < 1.29 is 29.5 Å². The Morgan fingerprint density at radius 3 is 2.46 bits per heavy atom. The van der Waals surface area contributed by atoms with Gasteiger partial charge in [-0.25, -0.2) is 0 Å². The van der Waals surface area contributed by atoms with Crippen LogP contribution in [0.2, 0.25) is 0 Å². The number of benzene rings is 1. The van der Waals surface area contributed by atoms with Crippen LogP contribution < -0.4 is 10.4 Å². The van der Waals surface area contributed by atoms with Crippen LogP contribution in [-0.2, 0) is 4.74 Å². The molecule has 154 valence electrons. The van der Waals surface area contributed by atoms with Crippen molar-refractivity contribution in [3.05, 3.63) is 43.3 Å². The molecule has 1 heterocycles. The van der Waals surface area contributed by atoms with Gasteiger partial charge in [-0.05, 0) is 31.2 Å². The first-order valence-corrected chi connectivity index (χ1v) is 8.68. The van der Waals surface area contributed by atoms with E-state index in [-0.39, 0.29) is 12.4 Å². The lowest BCUT2D eigenvalue weighted by Crippen LogP contribution is -2.47. The molecular weight excluding hydrogens is 378 g/mol. The summed E-state index contributed by atoms with van der Waals surface area (Å²) >= 11 is 0. The fourth-order valence-corrected chi connectivity index (χ4v) is 2.80. The standard InChI is InChI=1S/C15H22N5O8/c21-8-10-27-9-5-12-3-6-17(7-4-12)20(26)16-28-15-2-1-13(18(22)23)11-14(15)19(24)25/h1-2,11-12,21H,3-10H2,(H,16,26)/q+1. The van der Waals surface area contributed by atoms with E-state index in [0.717, 1.165) is 37.5 Å². The van der Waals surface area contributed by atoms with Crippen molar-refractivity contribution in [3.8, 4) is 5.75 Å². The lowest BCUT2D eigenvalue weighted by molar-refractivity contribution is -0.783. The summed E-state index contributed by atoms with van der Waals surface area (Å²) < 4.78 is 5.24. The average molecular weight is 400 g/mol. The molecule has 0 bridgehead atoms. The summed E-state index contributed by atoms with van der Waals surface area (Å²) in [6.07, 6.45) is 2.37. The first-order valence-electron chi connectivity index (χ1n) is 8.68. The van der Waals surface area contributed by atoms with Gasteiger partial charge in [-0.1, -0.05) is 0 Å². The monoisotopic (exact) mass is 400 g/mol. The van der Waals surface area contributed by atoms with E-state index >= 15 is 0 Å². The molecule has 2 rings (SSSR count). The van der Waals surface area contributed by atoms with Crippen LogP contribution in [0, 0.1) is 31.1 Å². The third-order valence-corrected chi connectivity index (χ3v) is 4.34. The van der Waals surface area contributed by atoms with Gasteiger partial charge in [-0.3, -0.25) is 20.2 Å². The van der Waals surface area contributed by atoms with Crippen molar-refractivity contribution in [2.75, 3.05) is 32.9 Å². The molecule has 0 unspecified atom stereocenters. The summed E-state index contributed by atoms with van der Waals surface area (Å²) in [6.45, 7) is 1.78. The van der Waals surface area contributed by atoms with Crippen LogP contribution in [0.3, 0.4) is 0 Å². The molecule has 13 nitrogen and oxygen atoms in total. The number of hydrazine groups is 2. The van der Waals surface area contributed by atoms with E-state index in [4.69, 9.17) is 14.7 Å². The number of nitro benzene ring substituents is 2. The number of nitro groups is 2. The number of non-ortho nitro benzene ring substituents is 1. The number of aliphatic hydroxyl groups excluding tert-OH is 1. The van der Waals surface area contributed by atoms with Crippen molar-refractivity contribution in [1.29, 1.82) is 0 Å². The zero-order valence-electron chi connectivity index (χ0n) is 15.1. The van der Waals surface area contributed by atoms with E-state index in [1.165, 1.54) is 5.01 Å². The van der Waals surface area contributed by atoms with Gasteiger partial charge in [0.1, 0.15) is 0 Å². The van der Waals surface area contributed by atoms with E-state index in [9.17, 15) is 25.1 Å². The smallest absolute Gasteiger partial charge is 0.321 e. The summed E-state index contributed by atoms with van der Waals surface area (Å²) in [6, 6.07) is 2.86. The summed E-state index contributed by atoms with van der Waals surface area (Å²) in [5.74, 6) is 0.0902. The number of hydrogen-bond acceptors (Lipinski definition) is 8. The van der Waals surface area contributed by atoms with Crippen molar-refractivity contribution in [2.45, 2.75) is 19.3 Å². The molecule has 0 aliphatic carbocycles. The number of nitrogens with one attached hydrogen (secondary N) is 1. The van der Waals surface area contributed by atoms with Gasteiger partial charge in [0.25, 0.3) is 10.7 Å². The number of ether oxygens (including phenoxy) is 1. The molecule has 1 aromatic carbocycles. The second kappa shape index (κ2) is 10.3. The summed E-state index contributed by atoms with van der Waals surface area (Å²) in [4.78, 5) is 37.6. The Morgan fingerprint density at radius 2 is 1.86 bits per heavy atom. The lowest BCUT2D eigenvalue weighted by Gasteiger charge is -2.25. The maximum absolute atomic E-state index is 12.1. The Kier molecular flexibility index (Phi) is 7.83. The average Bonchev–Trinajstić information content (AvgIpc) is 2.69. The number of hydrogen-bond donors (Lipinski definition) is 2. The maximum atomic E-state index is 12.1. The molecular formula is C15H22N5O8+. The summed E-state index contributed by atoms with van der Waals surface area (Å²) in [5.41, 5.74) is 0.981. The number of rotatable bonds is 11. The quantitative estimate of drug-likeness (QED) is 0.238. The summed E-state index contributed by atoms with van der Waals surface area (Å²) in [7, 11) is 0. The van der Waals surface area contributed by atoms with Crippen molar-refractivity contribution >= 4 is 11.4 Å². The van der Waals surface area contributed by atoms with Gasteiger partial charge in [0.15, 0.2) is 0 Å². The SMILES string of the molecule is O=[N+]([O-])c1ccc(ON[N+](=O)N2CCC(CCOCCO)CC2)c([N+](=O)[O-])c1. The topological polar surface area (TPSA) is 160 Å². The van der Waals surface area contributed by atoms with Crippen LogP contribution >= 0.6 is 0 Å². The molecule has 1 aromatic rings. The third-order valence-electron chi connectivity index (χ3n) is 4.34. The van der Waals surface area contributed by atoms with E-state index in [2.05, 4.69) is 5.59 Å². The Morgan fingerprint density at radius 1 is 1.14 bits per heavy atom. The molecule has 0 spiro atoms. The number of piperidine rings is 1. The van der Waals surface area contributed by atoms with Gasteiger partial charge in [0.05, 0.1) is 52.7 Å². The highest BCUT2D eigenvalue weighted by Crippen LogP contribution is 2.30. The molecule has 1 saturated heterocycles. The minimum absolute atomic E-state index is 0.0117. The van der Waals surface area contributed by atoms with E-state index in [1.54, 1.807) is 0 Å². The Balaban J connectivity index is 1.83. The first-order chi connectivity index (χ1) is 13.4. The van der Waals surface area contributed by atoms with Gasteiger partial charge >= 0.3 is 5.69 Å². The lowest BCUT2D eigenvalue weighted by atomic mass is 9.95. The van der Waals surface area contributed by atoms with E-state index < -0.39 is 21.2 Å². The normalized spacial score (nSPS) is 14.5. The van der Waals surface area contributed by atoms with Crippen molar-refractivity contribution in [2.24, 2.45) is 5.92 Å². The second-order valence-corrected chi connectivity index (χ2v) is 6.15. The maximum Gasteiger partial charge on any atom is 0.321 e. The van der Waals surface area contributed by atoms with Crippen LogP contribution in [0.5, 0.6) is 5.75 Å². The Bertz CT molecular complexity index is 708. The number of nitrogens with zero attached hydrogens (tertiary/aromatic N) is 4. The fraction of sp³-hybridized carbons (Fsp3) is 0.600. The van der Waals surface area contributed by atoms with Crippen LogP contribution in [0.4, 0.5) is 11.4 Å². The second-order valence-electron chi connectivity index (χ2n) is 6.15. The van der Waals surface area contributed by atoms with Crippen LogP contribution in [0.1, 0.15) is 19.3 Å². The first kappa shape index (κ1) is 21.2. The van der Waals surface area contributed by atoms with Gasteiger partial charge in [-0.15, -0.1) is 5.01 Å². The zero-order chi connectivity index (χ0) is 20.5. The molecule has 0 radical (unpaired) electrons.